The smallest absolute Gasteiger partial charge is 0.292 e. The minimum Gasteiger partial charge on any atom is -0.292 e. The standard InChI is InChI=1S/C16H15F3N6O/c1-11-7-13(16(17,18)19)25(22-11)9-14(26)21-15-20-10-24(23-15)8-12-5-3-2-4-6-12/h2-7,10H,8-9H2,1H3,(H,21,23,26). The SMILES string of the molecule is Cc1cc(C(F)(F)F)n(CC(=O)Nc2ncn(Cc3ccccc3)n2)n1. The summed E-state index contributed by atoms with van der Waals surface area (Å²) in [5.74, 6) is -0.681. The van der Waals surface area contributed by atoms with Crippen molar-refractivity contribution in [2.45, 2.75) is 26.2 Å². The van der Waals surface area contributed by atoms with Gasteiger partial charge in [0.25, 0.3) is 0 Å². The third kappa shape index (κ3) is 4.26. The van der Waals surface area contributed by atoms with Crippen molar-refractivity contribution in [2.75, 3.05) is 5.32 Å². The molecule has 10 heteroatoms. The zero-order chi connectivity index (χ0) is 18.7. The van der Waals surface area contributed by atoms with E-state index >= 15 is 0 Å². The molecule has 1 amide bonds. The number of halogens is 3. The van der Waals surface area contributed by atoms with Crippen LogP contribution in [0.15, 0.2) is 42.7 Å². The number of carbonyl (C=O) groups excluding carboxylic acids is 1. The lowest BCUT2D eigenvalue weighted by Gasteiger charge is -2.09. The second kappa shape index (κ2) is 6.98. The Kier molecular flexibility index (Phi) is 4.74. The Labute approximate surface area is 146 Å². The summed E-state index contributed by atoms with van der Waals surface area (Å²) in [6.07, 6.45) is -3.15. The van der Waals surface area contributed by atoms with Crippen molar-refractivity contribution in [3.63, 3.8) is 0 Å². The van der Waals surface area contributed by atoms with Gasteiger partial charge in [0.15, 0.2) is 0 Å². The predicted octanol–water partition coefficient (Wildman–Crippen LogP) is 2.49. The van der Waals surface area contributed by atoms with E-state index < -0.39 is 24.3 Å². The largest absolute Gasteiger partial charge is 0.433 e. The molecule has 7 nitrogen and oxygen atoms in total. The van der Waals surface area contributed by atoms with E-state index in [1.807, 2.05) is 30.3 Å². The topological polar surface area (TPSA) is 77.6 Å². The molecule has 3 rings (SSSR count). The summed E-state index contributed by atoms with van der Waals surface area (Å²) in [7, 11) is 0. The number of carbonyl (C=O) groups is 1. The summed E-state index contributed by atoms with van der Waals surface area (Å²) in [4.78, 5) is 15.9. The molecule has 0 radical (unpaired) electrons. The average Bonchev–Trinajstić information content (AvgIpc) is 3.14. The van der Waals surface area contributed by atoms with Gasteiger partial charge in [-0.25, -0.2) is 9.67 Å². The lowest BCUT2D eigenvalue weighted by Crippen LogP contribution is -2.24. The van der Waals surface area contributed by atoms with E-state index in [4.69, 9.17) is 0 Å². The number of hydrogen-bond acceptors (Lipinski definition) is 4. The number of amides is 1. The first-order valence-electron chi connectivity index (χ1n) is 7.66. The number of aromatic nitrogens is 5. The molecule has 3 aromatic rings. The lowest BCUT2D eigenvalue weighted by atomic mass is 10.2. The van der Waals surface area contributed by atoms with Gasteiger partial charge in [-0.3, -0.25) is 14.8 Å². The highest BCUT2D eigenvalue weighted by molar-refractivity contribution is 5.88. The fraction of sp³-hybridized carbons (Fsp3) is 0.250. The van der Waals surface area contributed by atoms with Crippen LogP contribution in [0.1, 0.15) is 17.0 Å². The zero-order valence-corrected chi connectivity index (χ0v) is 13.7. The first-order chi connectivity index (χ1) is 12.3. The fourth-order valence-electron chi connectivity index (χ4n) is 2.39. The Bertz CT molecular complexity index is 900. The second-order valence-electron chi connectivity index (χ2n) is 5.63. The summed E-state index contributed by atoms with van der Waals surface area (Å²) < 4.78 is 40.9. The van der Waals surface area contributed by atoms with E-state index in [0.29, 0.717) is 11.2 Å². The Morgan fingerprint density at radius 1 is 1.19 bits per heavy atom. The van der Waals surface area contributed by atoms with E-state index in [0.717, 1.165) is 11.6 Å². The monoisotopic (exact) mass is 364 g/mol. The molecule has 0 aliphatic carbocycles. The van der Waals surface area contributed by atoms with Gasteiger partial charge in [-0.2, -0.15) is 18.3 Å². The summed E-state index contributed by atoms with van der Waals surface area (Å²) in [6, 6.07) is 10.4. The third-order valence-electron chi connectivity index (χ3n) is 3.46. The molecule has 136 valence electrons. The number of aryl methyl sites for hydroxylation is 1. The molecule has 2 aromatic heterocycles. The number of rotatable bonds is 5. The van der Waals surface area contributed by atoms with Crippen molar-refractivity contribution in [1.29, 1.82) is 0 Å². The van der Waals surface area contributed by atoms with Crippen molar-refractivity contribution >= 4 is 11.9 Å². The van der Waals surface area contributed by atoms with Crippen molar-refractivity contribution in [3.05, 3.63) is 59.7 Å². The van der Waals surface area contributed by atoms with Crippen LogP contribution in [0.25, 0.3) is 0 Å². The molecule has 0 unspecified atom stereocenters. The summed E-state index contributed by atoms with van der Waals surface area (Å²) >= 11 is 0. The number of alkyl halides is 3. The normalized spacial score (nSPS) is 11.5. The van der Waals surface area contributed by atoms with Crippen LogP contribution in [0.5, 0.6) is 0 Å². The molecule has 0 fully saturated rings. The molecule has 0 aliphatic rings. The van der Waals surface area contributed by atoms with Gasteiger partial charge >= 0.3 is 6.18 Å². The van der Waals surface area contributed by atoms with Gasteiger partial charge in [0, 0.05) is 0 Å². The van der Waals surface area contributed by atoms with Crippen molar-refractivity contribution < 1.29 is 18.0 Å². The van der Waals surface area contributed by atoms with Gasteiger partial charge in [0.2, 0.25) is 11.9 Å². The van der Waals surface area contributed by atoms with Crippen molar-refractivity contribution in [2.24, 2.45) is 0 Å². The molecule has 0 atom stereocenters. The maximum Gasteiger partial charge on any atom is 0.433 e. The van der Waals surface area contributed by atoms with Crippen LogP contribution >= 0.6 is 0 Å². The molecule has 0 bridgehead atoms. The van der Waals surface area contributed by atoms with Crippen LogP contribution in [0.2, 0.25) is 0 Å². The van der Waals surface area contributed by atoms with Crippen LogP contribution in [-0.2, 0) is 24.1 Å². The average molecular weight is 364 g/mol. The molecule has 2 heterocycles. The molecule has 0 saturated carbocycles. The van der Waals surface area contributed by atoms with E-state index in [1.165, 1.54) is 17.9 Å². The van der Waals surface area contributed by atoms with E-state index in [1.54, 1.807) is 0 Å². The Balaban J connectivity index is 1.64. The summed E-state index contributed by atoms with van der Waals surface area (Å²) in [5.41, 5.74) is 0.195. The number of nitrogens with zero attached hydrogens (tertiary/aromatic N) is 5. The highest BCUT2D eigenvalue weighted by Crippen LogP contribution is 2.29. The van der Waals surface area contributed by atoms with E-state index in [9.17, 15) is 18.0 Å². The van der Waals surface area contributed by atoms with Gasteiger partial charge in [-0.15, -0.1) is 5.10 Å². The number of hydrogen-bond donors (Lipinski definition) is 1. The number of nitrogens with one attached hydrogen (secondary N) is 1. The van der Waals surface area contributed by atoms with Crippen LogP contribution in [0.3, 0.4) is 0 Å². The van der Waals surface area contributed by atoms with Crippen LogP contribution in [0, 0.1) is 6.92 Å². The highest BCUT2D eigenvalue weighted by atomic mass is 19.4. The fourth-order valence-corrected chi connectivity index (χ4v) is 2.39. The summed E-state index contributed by atoms with van der Waals surface area (Å²) in [6.45, 7) is 1.30. The minimum absolute atomic E-state index is 0.0170. The van der Waals surface area contributed by atoms with Gasteiger partial charge in [-0.1, -0.05) is 30.3 Å². The maximum absolute atomic E-state index is 12.9. The number of benzene rings is 1. The summed E-state index contributed by atoms with van der Waals surface area (Å²) in [5, 5.41) is 10.2. The van der Waals surface area contributed by atoms with E-state index in [-0.39, 0.29) is 11.6 Å². The maximum atomic E-state index is 12.9. The molecule has 1 aromatic carbocycles. The Morgan fingerprint density at radius 3 is 2.62 bits per heavy atom. The molecule has 0 spiro atoms. The first-order valence-corrected chi connectivity index (χ1v) is 7.66. The number of anilines is 1. The molecular formula is C16H15F3N6O. The highest BCUT2D eigenvalue weighted by Gasteiger charge is 2.35. The molecular weight excluding hydrogens is 349 g/mol. The van der Waals surface area contributed by atoms with Gasteiger partial charge in [0.05, 0.1) is 12.2 Å². The van der Waals surface area contributed by atoms with Gasteiger partial charge in [-0.05, 0) is 18.6 Å². The molecule has 1 N–H and O–H groups in total. The quantitative estimate of drug-likeness (QED) is 0.755. The van der Waals surface area contributed by atoms with Crippen LogP contribution in [-0.4, -0.2) is 30.5 Å². The Hall–Kier alpha value is -3.17. The second-order valence-corrected chi connectivity index (χ2v) is 5.63. The predicted molar refractivity (Wildman–Crippen MR) is 86.2 cm³/mol. The molecule has 0 aliphatic heterocycles. The van der Waals surface area contributed by atoms with E-state index in [2.05, 4.69) is 20.5 Å². The molecule has 0 saturated heterocycles. The minimum atomic E-state index is -4.59. The first kappa shape index (κ1) is 17.6. The Morgan fingerprint density at radius 2 is 1.92 bits per heavy atom. The molecule has 26 heavy (non-hydrogen) atoms. The van der Waals surface area contributed by atoms with Crippen molar-refractivity contribution in [3.8, 4) is 0 Å². The third-order valence-corrected chi connectivity index (χ3v) is 3.46. The van der Waals surface area contributed by atoms with Crippen molar-refractivity contribution in [1.82, 2.24) is 24.5 Å². The zero-order valence-electron chi connectivity index (χ0n) is 13.7. The van der Waals surface area contributed by atoms with Gasteiger partial charge in [0.1, 0.15) is 18.6 Å². The van der Waals surface area contributed by atoms with Crippen LogP contribution < -0.4 is 5.32 Å². The van der Waals surface area contributed by atoms with Crippen LogP contribution in [0.4, 0.5) is 19.1 Å². The van der Waals surface area contributed by atoms with Gasteiger partial charge < -0.3 is 0 Å². The lowest BCUT2D eigenvalue weighted by molar-refractivity contribution is -0.144.